The Morgan fingerprint density at radius 2 is 1.89 bits per heavy atom. The molecule has 178 valence electrons. The van der Waals surface area contributed by atoms with Crippen molar-refractivity contribution >= 4 is 40.3 Å². The molecule has 35 heavy (non-hydrogen) atoms. The van der Waals surface area contributed by atoms with Crippen LogP contribution < -0.4 is 10.2 Å². The number of hydrogen-bond donors (Lipinski definition) is 1. The molecule has 5 rings (SSSR count). The van der Waals surface area contributed by atoms with Crippen LogP contribution in [0, 0.1) is 0 Å². The van der Waals surface area contributed by atoms with Crippen LogP contribution >= 0.6 is 0 Å². The minimum absolute atomic E-state index is 0.00986. The number of carbonyl (C=O) groups excluding carboxylic acids is 3. The first-order valence-electron chi connectivity index (χ1n) is 11.6. The van der Waals surface area contributed by atoms with E-state index >= 15 is 0 Å². The average molecular weight is 471 g/mol. The van der Waals surface area contributed by atoms with E-state index in [9.17, 15) is 14.4 Å². The highest BCUT2D eigenvalue weighted by Gasteiger charge is 2.34. The maximum absolute atomic E-state index is 12.9. The number of hydrogen-bond acceptors (Lipinski definition) is 6. The lowest BCUT2D eigenvalue weighted by Crippen LogP contribution is -2.43. The molecular formula is C27H26N4O4. The number of amides is 2. The molecule has 1 fully saturated rings. The van der Waals surface area contributed by atoms with E-state index in [0.29, 0.717) is 48.9 Å². The van der Waals surface area contributed by atoms with Crippen LogP contribution in [0.4, 0.5) is 5.69 Å². The van der Waals surface area contributed by atoms with Gasteiger partial charge in [0.05, 0.1) is 42.4 Å². The Morgan fingerprint density at radius 1 is 1.09 bits per heavy atom. The number of ether oxygens (including phenoxy) is 1. The zero-order chi connectivity index (χ0) is 24.4. The highest BCUT2D eigenvalue weighted by atomic mass is 16.5. The lowest BCUT2D eigenvalue weighted by molar-refractivity contribution is -0.123. The first kappa shape index (κ1) is 22.9. The number of Topliss-reactive ketones (excluding diaryl/α,β-unsaturated/α-hetero) is 1. The molecule has 8 nitrogen and oxygen atoms in total. The fourth-order valence-corrected chi connectivity index (χ4v) is 4.44. The van der Waals surface area contributed by atoms with Gasteiger partial charge in [0.15, 0.2) is 0 Å². The van der Waals surface area contributed by atoms with Crippen LogP contribution in [0.1, 0.15) is 28.5 Å². The van der Waals surface area contributed by atoms with Crippen molar-refractivity contribution in [3.63, 3.8) is 0 Å². The van der Waals surface area contributed by atoms with E-state index in [2.05, 4.69) is 15.2 Å². The molecule has 2 aliphatic rings. The molecule has 0 aliphatic carbocycles. The summed E-state index contributed by atoms with van der Waals surface area (Å²) in [5, 5.41) is 3.90. The van der Waals surface area contributed by atoms with Crippen LogP contribution in [0.15, 0.2) is 60.3 Å². The number of fused-ring (bicyclic) bond motifs is 2. The Hall–Kier alpha value is -3.88. The molecule has 1 saturated heterocycles. The SMILES string of the molecule is CC(=O)N1/C(=C/c2ccc3cc(CNC(=O)CN4CCOCC4)ccc3n2)C(=O)c2ccccc21. The van der Waals surface area contributed by atoms with Crippen LogP contribution in [-0.2, 0) is 20.9 Å². The van der Waals surface area contributed by atoms with Gasteiger partial charge in [-0.1, -0.05) is 24.3 Å². The van der Waals surface area contributed by atoms with Crippen LogP contribution in [0.2, 0.25) is 0 Å². The van der Waals surface area contributed by atoms with Gasteiger partial charge >= 0.3 is 0 Å². The lowest BCUT2D eigenvalue weighted by atomic mass is 10.1. The van der Waals surface area contributed by atoms with E-state index in [-0.39, 0.29) is 17.6 Å². The maximum atomic E-state index is 12.9. The van der Waals surface area contributed by atoms with Crippen LogP contribution in [0.25, 0.3) is 17.0 Å². The highest BCUT2D eigenvalue weighted by molar-refractivity contribution is 6.26. The van der Waals surface area contributed by atoms with Crippen molar-refractivity contribution in [1.82, 2.24) is 15.2 Å². The fourth-order valence-electron chi connectivity index (χ4n) is 4.44. The number of allylic oxidation sites excluding steroid dienone is 1. The molecule has 8 heteroatoms. The van der Waals surface area contributed by atoms with Gasteiger partial charge in [0.2, 0.25) is 17.6 Å². The van der Waals surface area contributed by atoms with Gasteiger partial charge in [0.1, 0.15) is 0 Å². The van der Waals surface area contributed by atoms with Crippen molar-refractivity contribution in [2.75, 3.05) is 37.7 Å². The molecule has 0 bridgehead atoms. The summed E-state index contributed by atoms with van der Waals surface area (Å²) in [6.07, 6.45) is 1.66. The van der Waals surface area contributed by atoms with Crippen molar-refractivity contribution in [3.05, 3.63) is 77.1 Å². The number of ketones is 1. The molecule has 3 aromatic rings. The van der Waals surface area contributed by atoms with Crippen LogP contribution in [0.3, 0.4) is 0 Å². The van der Waals surface area contributed by atoms with Crippen molar-refractivity contribution in [1.29, 1.82) is 0 Å². The molecule has 0 spiro atoms. The maximum Gasteiger partial charge on any atom is 0.234 e. The monoisotopic (exact) mass is 470 g/mol. The second kappa shape index (κ2) is 9.77. The van der Waals surface area contributed by atoms with Gasteiger partial charge in [-0.05, 0) is 42.0 Å². The standard InChI is InChI=1S/C27H26N4O4/c1-18(32)31-24-5-3-2-4-22(24)27(34)25(31)15-21-8-7-20-14-19(6-9-23(20)29-21)16-28-26(33)17-30-10-12-35-13-11-30/h2-9,14-15H,10-13,16-17H2,1H3,(H,28,33)/b25-15+. The van der Waals surface area contributed by atoms with Gasteiger partial charge in [-0.2, -0.15) is 0 Å². The Bertz CT molecular complexity index is 1340. The lowest BCUT2D eigenvalue weighted by Gasteiger charge is -2.25. The van der Waals surface area contributed by atoms with E-state index in [0.717, 1.165) is 29.6 Å². The molecule has 3 heterocycles. The Labute approximate surface area is 203 Å². The number of para-hydroxylation sites is 1. The van der Waals surface area contributed by atoms with Gasteiger partial charge in [-0.25, -0.2) is 4.98 Å². The van der Waals surface area contributed by atoms with E-state index < -0.39 is 0 Å². The molecule has 0 saturated carbocycles. The van der Waals surface area contributed by atoms with E-state index in [1.54, 1.807) is 24.3 Å². The third-order valence-corrected chi connectivity index (χ3v) is 6.20. The van der Waals surface area contributed by atoms with Gasteiger partial charge in [0.25, 0.3) is 0 Å². The molecule has 2 aromatic carbocycles. The molecule has 0 atom stereocenters. The topological polar surface area (TPSA) is 91.8 Å². The average Bonchev–Trinajstić information content (AvgIpc) is 3.15. The van der Waals surface area contributed by atoms with Gasteiger partial charge in [0, 0.05) is 37.5 Å². The Morgan fingerprint density at radius 3 is 2.69 bits per heavy atom. The largest absolute Gasteiger partial charge is 0.379 e. The summed E-state index contributed by atoms with van der Waals surface area (Å²) in [4.78, 5) is 45.7. The van der Waals surface area contributed by atoms with Gasteiger partial charge < -0.3 is 10.1 Å². The molecule has 0 radical (unpaired) electrons. The summed E-state index contributed by atoms with van der Waals surface area (Å²) < 4.78 is 5.32. The van der Waals surface area contributed by atoms with Gasteiger partial charge in [-0.3, -0.25) is 24.2 Å². The summed E-state index contributed by atoms with van der Waals surface area (Å²) in [7, 11) is 0. The normalized spacial score (nSPS) is 17.1. The number of nitrogens with one attached hydrogen (secondary N) is 1. The number of benzene rings is 2. The number of pyridine rings is 1. The molecule has 2 amide bonds. The quantitative estimate of drug-likeness (QED) is 0.577. The van der Waals surface area contributed by atoms with Crippen molar-refractivity contribution in [2.24, 2.45) is 0 Å². The predicted octanol–water partition coefficient (Wildman–Crippen LogP) is 2.77. The first-order chi connectivity index (χ1) is 17.0. The zero-order valence-corrected chi connectivity index (χ0v) is 19.5. The highest BCUT2D eigenvalue weighted by Crippen LogP contribution is 2.35. The van der Waals surface area contributed by atoms with Crippen LogP contribution in [0.5, 0.6) is 0 Å². The minimum atomic E-state index is -0.226. The third kappa shape index (κ3) is 4.84. The van der Waals surface area contributed by atoms with Crippen LogP contribution in [-0.4, -0.2) is 60.3 Å². The molecule has 1 aromatic heterocycles. The minimum Gasteiger partial charge on any atom is -0.379 e. The predicted molar refractivity (Wildman–Crippen MR) is 133 cm³/mol. The second-order valence-corrected chi connectivity index (χ2v) is 8.66. The third-order valence-electron chi connectivity index (χ3n) is 6.20. The summed E-state index contributed by atoms with van der Waals surface area (Å²) in [5.41, 5.74) is 3.73. The number of anilines is 1. The summed E-state index contributed by atoms with van der Waals surface area (Å²) >= 11 is 0. The van der Waals surface area contributed by atoms with E-state index in [1.807, 2.05) is 36.4 Å². The Kier molecular flexibility index (Phi) is 6.39. The van der Waals surface area contributed by atoms with Gasteiger partial charge in [-0.15, -0.1) is 0 Å². The van der Waals surface area contributed by atoms with Crippen molar-refractivity contribution < 1.29 is 19.1 Å². The number of nitrogens with zero attached hydrogens (tertiary/aromatic N) is 3. The van der Waals surface area contributed by atoms with Crippen molar-refractivity contribution in [3.8, 4) is 0 Å². The fraction of sp³-hybridized carbons (Fsp3) is 0.259. The van der Waals surface area contributed by atoms with E-state index in [4.69, 9.17) is 4.74 Å². The number of rotatable bonds is 5. The summed E-state index contributed by atoms with van der Waals surface area (Å²) in [6, 6.07) is 16.7. The Balaban J connectivity index is 1.31. The molecule has 1 N–H and O–H groups in total. The van der Waals surface area contributed by atoms with E-state index in [1.165, 1.54) is 11.8 Å². The number of aromatic nitrogens is 1. The number of morpholine rings is 1. The summed E-state index contributed by atoms with van der Waals surface area (Å²) in [6.45, 7) is 5.12. The smallest absolute Gasteiger partial charge is 0.234 e. The summed E-state index contributed by atoms with van der Waals surface area (Å²) in [5.74, 6) is -0.430. The number of carbonyl (C=O) groups is 3. The molecule has 0 unspecified atom stereocenters. The zero-order valence-electron chi connectivity index (χ0n) is 19.5. The second-order valence-electron chi connectivity index (χ2n) is 8.66. The molecule has 2 aliphatic heterocycles. The molecular weight excluding hydrogens is 444 g/mol. The van der Waals surface area contributed by atoms with Crippen molar-refractivity contribution in [2.45, 2.75) is 13.5 Å². The first-order valence-corrected chi connectivity index (χ1v) is 11.6.